The van der Waals surface area contributed by atoms with Gasteiger partial charge in [0.25, 0.3) is 0 Å². The molecular weight excluding hydrogens is 486 g/mol. The van der Waals surface area contributed by atoms with Gasteiger partial charge in [-0.25, -0.2) is 0 Å². The normalized spacial score (nSPS) is 12.1. The molecule has 0 aromatic heterocycles. The number of benzene rings is 6. The maximum atomic E-state index is 7.30. The first kappa shape index (κ1) is 23.8. The van der Waals surface area contributed by atoms with Gasteiger partial charge in [-0.05, 0) is 58.1 Å². The van der Waals surface area contributed by atoms with E-state index in [0.29, 0.717) is 0 Å². The third kappa shape index (κ3) is 3.91. The fraction of sp³-hybridized carbons (Fsp3) is 0.0270. The molecule has 0 radical (unpaired) electrons. The fourth-order valence-electron chi connectivity index (χ4n) is 6.08. The predicted molar refractivity (Wildman–Crippen MR) is 169 cm³/mol. The average molecular weight is 516 g/mol. The number of rotatable bonds is 4. The minimum Gasteiger partial charge on any atom is -0.399 e. The number of nitrogens with zero attached hydrogens (tertiary/aromatic N) is 1. The molecule has 0 spiro atoms. The number of nitrogens with two attached hydrogens (primary N) is 2. The highest BCUT2D eigenvalue weighted by atomic mass is 15.2. The zero-order valence-corrected chi connectivity index (χ0v) is 22.1. The van der Waals surface area contributed by atoms with Crippen LogP contribution in [-0.2, 0) is 6.42 Å². The van der Waals surface area contributed by atoms with E-state index in [-0.39, 0.29) is 0 Å². The SMILES string of the molecule is Nc1ccc2c(c1)Cc1c(-c3ccccc3)c(N)c(-c3ccccc3)c(-c3ccccc3)c1N2c1ccccc1. The van der Waals surface area contributed by atoms with Crippen molar-refractivity contribution in [1.29, 1.82) is 0 Å². The molecule has 40 heavy (non-hydrogen) atoms. The second kappa shape index (κ2) is 9.79. The second-order valence-corrected chi connectivity index (χ2v) is 10.2. The number of hydrogen-bond donors (Lipinski definition) is 2. The van der Waals surface area contributed by atoms with Crippen molar-refractivity contribution in [1.82, 2.24) is 0 Å². The Bertz CT molecular complexity index is 1810. The van der Waals surface area contributed by atoms with E-state index in [1.165, 1.54) is 11.1 Å². The van der Waals surface area contributed by atoms with Crippen molar-refractivity contribution < 1.29 is 0 Å². The Morgan fingerprint density at radius 3 is 1.57 bits per heavy atom. The highest BCUT2D eigenvalue weighted by Gasteiger charge is 2.33. The van der Waals surface area contributed by atoms with Crippen molar-refractivity contribution in [2.24, 2.45) is 0 Å². The van der Waals surface area contributed by atoms with Gasteiger partial charge in [-0.3, -0.25) is 0 Å². The topological polar surface area (TPSA) is 55.3 Å². The van der Waals surface area contributed by atoms with E-state index in [2.05, 4.69) is 138 Å². The minimum atomic E-state index is 0.725. The molecule has 1 aliphatic heterocycles. The van der Waals surface area contributed by atoms with Crippen LogP contribution in [0.25, 0.3) is 33.4 Å². The van der Waals surface area contributed by atoms with Crippen LogP contribution in [0.2, 0.25) is 0 Å². The van der Waals surface area contributed by atoms with Gasteiger partial charge in [0.05, 0.1) is 5.69 Å². The lowest BCUT2D eigenvalue weighted by Gasteiger charge is -2.38. The largest absolute Gasteiger partial charge is 0.399 e. The monoisotopic (exact) mass is 515 g/mol. The third-order valence-corrected chi connectivity index (χ3v) is 7.75. The Morgan fingerprint density at radius 1 is 0.500 bits per heavy atom. The Morgan fingerprint density at radius 2 is 1.00 bits per heavy atom. The Balaban J connectivity index is 1.69. The fourth-order valence-corrected chi connectivity index (χ4v) is 6.08. The molecule has 6 aromatic carbocycles. The lowest BCUT2D eigenvalue weighted by Crippen LogP contribution is -2.21. The molecule has 0 saturated heterocycles. The van der Waals surface area contributed by atoms with Crippen LogP contribution in [0.3, 0.4) is 0 Å². The summed E-state index contributed by atoms with van der Waals surface area (Å²) in [5, 5.41) is 0. The summed E-state index contributed by atoms with van der Waals surface area (Å²) in [5.74, 6) is 0. The molecule has 1 aliphatic rings. The van der Waals surface area contributed by atoms with E-state index >= 15 is 0 Å². The Kier molecular flexibility index (Phi) is 5.83. The molecule has 0 aliphatic carbocycles. The molecular formula is C37H29N3. The lowest BCUT2D eigenvalue weighted by atomic mass is 9.79. The van der Waals surface area contributed by atoms with Crippen molar-refractivity contribution in [2.75, 3.05) is 16.4 Å². The molecule has 3 heteroatoms. The van der Waals surface area contributed by atoms with Crippen LogP contribution in [0.1, 0.15) is 11.1 Å². The molecule has 0 atom stereocenters. The van der Waals surface area contributed by atoms with Crippen molar-refractivity contribution in [3.8, 4) is 33.4 Å². The van der Waals surface area contributed by atoms with Crippen LogP contribution in [0, 0.1) is 0 Å². The van der Waals surface area contributed by atoms with Crippen LogP contribution < -0.4 is 16.4 Å². The van der Waals surface area contributed by atoms with Crippen molar-refractivity contribution in [2.45, 2.75) is 6.42 Å². The predicted octanol–water partition coefficient (Wildman–Crippen LogP) is 9.23. The molecule has 192 valence electrons. The number of fused-ring (bicyclic) bond motifs is 2. The third-order valence-electron chi connectivity index (χ3n) is 7.75. The van der Waals surface area contributed by atoms with E-state index < -0.39 is 0 Å². The summed E-state index contributed by atoms with van der Waals surface area (Å²) in [4.78, 5) is 2.40. The maximum absolute atomic E-state index is 7.30. The number of hydrogen-bond acceptors (Lipinski definition) is 3. The molecule has 4 N–H and O–H groups in total. The first-order valence-corrected chi connectivity index (χ1v) is 13.6. The molecule has 0 fully saturated rings. The highest BCUT2D eigenvalue weighted by molar-refractivity contribution is 6.09. The first-order valence-electron chi connectivity index (χ1n) is 13.6. The van der Waals surface area contributed by atoms with Crippen molar-refractivity contribution in [3.05, 3.63) is 151 Å². The van der Waals surface area contributed by atoms with E-state index in [0.717, 1.165) is 68.2 Å². The van der Waals surface area contributed by atoms with Crippen molar-refractivity contribution >= 4 is 28.4 Å². The van der Waals surface area contributed by atoms with Gasteiger partial charge in [0.15, 0.2) is 0 Å². The molecule has 7 rings (SSSR count). The van der Waals surface area contributed by atoms with E-state index in [4.69, 9.17) is 11.5 Å². The van der Waals surface area contributed by atoms with E-state index in [9.17, 15) is 0 Å². The van der Waals surface area contributed by atoms with Gasteiger partial charge in [-0.1, -0.05) is 109 Å². The molecule has 0 amide bonds. The van der Waals surface area contributed by atoms with Gasteiger partial charge in [0, 0.05) is 45.9 Å². The Hall–Kier alpha value is -5.28. The zero-order chi connectivity index (χ0) is 27.1. The number of para-hydroxylation sites is 1. The standard InChI is InChI=1S/C37H29N3/c38-29-21-22-32-28(23-29)24-31-33(25-13-5-1-6-14-25)36(39)34(26-15-7-2-8-16-26)35(27-17-9-3-10-18-27)37(31)40(32)30-19-11-4-12-20-30/h1-23H,24,38-39H2. The van der Waals surface area contributed by atoms with Gasteiger partial charge in [-0.2, -0.15) is 0 Å². The maximum Gasteiger partial charge on any atom is 0.0589 e. The number of nitrogen functional groups attached to an aromatic ring is 2. The molecule has 1 heterocycles. The summed E-state index contributed by atoms with van der Waals surface area (Å²) >= 11 is 0. The summed E-state index contributed by atoms with van der Waals surface area (Å²) in [6.07, 6.45) is 0.725. The lowest BCUT2D eigenvalue weighted by molar-refractivity contribution is 1.09. The van der Waals surface area contributed by atoms with Gasteiger partial charge >= 0.3 is 0 Å². The Labute approximate surface area is 235 Å². The van der Waals surface area contributed by atoms with Gasteiger partial charge in [0.2, 0.25) is 0 Å². The van der Waals surface area contributed by atoms with Gasteiger partial charge in [0.1, 0.15) is 0 Å². The van der Waals surface area contributed by atoms with E-state index in [1.807, 2.05) is 6.07 Å². The number of anilines is 5. The molecule has 0 unspecified atom stereocenters. The smallest absolute Gasteiger partial charge is 0.0589 e. The van der Waals surface area contributed by atoms with Gasteiger partial charge in [-0.15, -0.1) is 0 Å². The van der Waals surface area contributed by atoms with Crippen LogP contribution >= 0.6 is 0 Å². The van der Waals surface area contributed by atoms with Crippen LogP contribution in [0.5, 0.6) is 0 Å². The average Bonchev–Trinajstić information content (AvgIpc) is 3.01. The molecule has 6 aromatic rings. The highest BCUT2D eigenvalue weighted by Crippen LogP contribution is 2.56. The van der Waals surface area contributed by atoms with Gasteiger partial charge < -0.3 is 16.4 Å². The first-order chi connectivity index (χ1) is 19.7. The molecule has 0 bridgehead atoms. The molecule has 0 saturated carbocycles. The summed E-state index contributed by atoms with van der Waals surface area (Å²) in [7, 11) is 0. The minimum absolute atomic E-state index is 0.725. The molecule has 3 nitrogen and oxygen atoms in total. The second-order valence-electron chi connectivity index (χ2n) is 10.2. The van der Waals surface area contributed by atoms with E-state index in [1.54, 1.807) is 0 Å². The quantitative estimate of drug-likeness (QED) is 0.230. The van der Waals surface area contributed by atoms with Crippen LogP contribution in [0.15, 0.2) is 140 Å². The summed E-state index contributed by atoms with van der Waals surface area (Å²) in [6.45, 7) is 0. The van der Waals surface area contributed by atoms with Crippen molar-refractivity contribution in [3.63, 3.8) is 0 Å². The summed E-state index contributed by atoms with van der Waals surface area (Å²) in [5.41, 5.74) is 27.5. The zero-order valence-electron chi connectivity index (χ0n) is 22.1. The summed E-state index contributed by atoms with van der Waals surface area (Å²) < 4.78 is 0. The van der Waals surface area contributed by atoms with Crippen LogP contribution in [0.4, 0.5) is 28.4 Å². The summed E-state index contributed by atoms with van der Waals surface area (Å²) in [6, 6.07) is 48.5. The van der Waals surface area contributed by atoms with Crippen LogP contribution in [-0.4, -0.2) is 0 Å².